The molecule has 2 heterocycles. The van der Waals surface area contributed by atoms with E-state index in [1.54, 1.807) is 27.4 Å². The fourth-order valence-electron chi connectivity index (χ4n) is 2.68. The van der Waals surface area contributed by atoms with Crippen molar-refractivity contribution in [2.45, 2.75) is 23.1 Å². The Morgan fingerprint density at radius 2 is 1.86 bits per heavy atom. The third-order valence-corrected chi connectivity index (χ3v) is 5.07. The first-order chi connectivity index (χ1) is 14.0. The monoisotopic (exact) mass is 436 g/mol. The summed E-state index contributed by atoms with van der Waals surface area (Å²) in [4.78, 5) is 8.08. The van der Waals surface area contributed by atoms with Crippen LogP contribution in [0.25, 0.3) is 11.4 Å². The Morgan fingerprint density at radius 1 is 1.07 bits per heavy atom. The molecule has 2 N–H and O–H groups in total. The molecule has 0 atom stereocenters. The molecule has 11 heteroatoms. The van der Waals surface area contributed by atoms with Crippen molar-refractivity contribution in [2.75, 3.05) is 33.7 Å². The summed E-state index contributed by atoms with van der Waals surface area (Å²) in [5.74, 6) is 2.05. The topological polar surface area (TPSA) is 110 Å². The van der Waals surface area contributed by atoms with Gasteiger partial charge in [-0.1, -0.05) is 11.6 Å². The number of nitrogen functional groups attached to an aromatic ring is 1. The third-order valence-electron chi connectivity index (χ3n) is 3.97. The number of nitrogens with zero attached hydrogens (tertiary/aromatic N) is 5. The number of hydrogen-bond donors (Lipinski definition) is 1. The maximum absolute atomic E-state index is 5.99. The minimum atomic E-state index is 0.102. The van der Waals surface area contributed by atoms with E-state index < -0.39 is 0 Å². The highest BCUT2D eigenvalue weighted by atomic mass is 35.5. The fourth-order valence-corrected chi connectivity index (χ4v) is 3.80. The molecule has 29 heavy (non-hydrogen) atoms. The van der Waals surface area contributed by atoms with E-state index >= 15 is 0 Å². The van der Waals surface area contributed by atoms with Crippen LogP contribution in [0.3, 0.4) is 0 Å². The van der Waals surface area contributed by atoms with Crippen molar-refractivity contribution in [1.82, 2.24) is 24.7 Å². The summed E-state index contributed by atoms with van der Waals surface area (Å²) in [7, 11) is 4.86. The molecule has 3 rings (SSSR count). The molecule has 0 unspecified atom stereocenters. The Balaban J connectivity index is 1.99. The summed E-state index contributed by atoms with van der Waals surface area (Å²) < 4.78 is 17.9. The van der Waals surface area contributed by atoms with Gasteiger partial charge in [-0.3, -0.25) is 0 Å². The lowest BCUT2D eigenvalue weighted by Crippen LogP contribution is -2.06. The number of aromatic nitrogens is 5. The highest BCUT2D eigenvalue weighted by Gasteiger charge is 2.18. The van der Waals surface area contributed by atoms with Gasteiger partial charge in [0.1, 0.15) is 10.2 Å². The van der Waals surface area contributed by atoms with Crippen molar-refractivity contribution in [3.05, 3.63) is 29.4 Å². The average molecular weight is 437 g/mol. The predicted molar refractivity (Wildman–Crippen MR) is 111 cm³/mol. The fraction of sp³-hybridized carbons (Fsp3) is 0.333. The number of benzene rings is 1. The molecular weight excluding hydrogens is 416 g/mol. The first-order valence-electron chi connectivity index (χ1n) is 8.68. The minimum Gasteiger partial charge on any atom is -0.493 e. The van der Waals surface area contributed by atoms with E-state index in [1.165, 1.54) is 11.8 Å². The number of anilines is 1. The van der Waals surface area contributed by atoms with Gasteiger partial charge in [-0.15, -0.1) is 10.2 Å². The molecule has 0 saturated carbocycles. The lowest BCUT2D eigenvalue weighted by molar-refractivity contribution is 0.189. The van der Waals surface area contributed by atoms with Crippen molar-refractivity contribution >= 4 is 29.3 Å². The lowest BCUT2D eigenvalue weighted by atomic mass is 10.2. The van der Waals surface area contributed by atoms with Gasteiger partial charge in [0.15, 0.2) is 22.5 Å². The zero-order valence-electron chi connectivity index (χ0n) is 16.3. The molecule has 1 aromatic carbocycles. The van der Waals surface area contributed by atoms with Gasteiger partial charge in [-0.05, 0) is 36.4 Å². The smallest absolute Gasteiger partial charge is 0.222 e. The zero-order valence-corrected chi connectivity index (χ0v) is 17.8. The SMILES string of the molecule is COCCCn1c(Sc2cc(Cl)nc(N)n2)nnc1-c1ccc(OC)c(OC)c1. The maximum Gasteiger partial charge on any atom is 0.222 e. The lowest BCUT2D eigenvalue weighted by Gasteiger charge is -2.12. The average Bonchev–Trinajstić information content (AvgIpc) is 3.09. The summed E-state index contributed by atoms with van der Waals surface area (Å²) >= 11 is 7.30. The second-order valence-corrected chi connectivity index (χ2v) is 7.24. The van der Waals surface area contributed by atoms with Gasteiger partial charge in [0, 0.05) is 31.9 Å². The van der Waals surface area contributed by atoms with Gasteiger partial charge in [-0.25, -0.2) is 9.97 Å². The molecule has 0 saturated heterocycles. The second kappa shape index (κ2) is 9.77. The Bertz CT molecular complexity index is 964. The van der Waals surface area contributed by atoms with Crippen LogP contribution < -0.4 is 15.2 Å². The molecule has 0 bridgehead atoms. The van der Waals surface area contributed by atoms with E-state index in [0.29, 0.717) is 40.7 Å². The van der Waals surface area contributed by atoms with Crippen LogP contribution >= 0.6 is 23.4 Å². The molecule has 154 valence electrons. The van der Waals surface area contributed by atoms with Crippen LogP contribution in [0.5, 0.6) is 11.5 Å². The van der Waals surface area contributed by atoms with Crippen LogP contribution in [0.2, 0.25) is 5.15 Å². The normalized spacial score (nSPS) is 10.9. The predicted octanol–water partition coefficient (Wildman–Crippen LogP) is 3.18. The molecular formula is C18H21ClN6O3S. The van der Waals surface area contributed by atoms with Crippen LogP contribution in [-0.2, 0) is 11.3 Å². The van der Waals surface area contributed by atoms with E-state index in [9.17, 15) is 0 Å². The van der Waals surface area contributed by atoms with Gasteiger partial charge in [0.05, 0.1) is 14.2 Å². The number of halogens is 1. The first-order valence-corrected chi connectivity index (χ1v) is 9.87. The number of hydrogen-bond acceptors (Lipinski definition) is 9. The Hall–Kier alpha value is -2.56. The quantitative estimate of drug-likeness (QED) is 0.399. The Kier molecular flexibility index (Phi) is 7.13. The molecule has 0 aliphatic carbocycles. The molecule has 0 fully saturated rings. The number of methoxy groups -OCH3 is 3. The minimum absolute atomic E-state index is 0.102. The van der Waals surface area contributed by atoms with Crippen molar-refractivity contribution in [2.24, 2.45) is 0 Å². The van der Waals surface area contributed by atoms with Gasteiger partial charge in [0.25, 0.3) is 0 Å². The van der Waals surface area contributed by atoms with Crippen LogP contribution in [0.4, 0.5) is 5.95 Å². The number of nitrogens with two attached hydrogens (primary N) is 1. The number of ether oxygens (including phenoxy) is 3. The van der Waals surface area contributed by atoms with Crippen LogP contribution in [-0.4, -0.2) is 52.7 Å². The van der Waals surface area contributed by atoms with Crippen LogP contribution in [0.15, 0.2) is 34.4 Å². The highest BCUT2D eigenvalue weighted by Crippen LogP contribution is 2.34. The van der Waals surface area contributed by atoms with Gasteiger partial charge >= 0.3 is 0 Å². The summed E-state index contributed by atoms with van der Waals surface area (Å²) in [6, 6.07) is 7.24. The molecule has 0 amide bonds. The van der Waals surface area contributed by atoms with Crippen LogP contribution in [0.1, 0.15) is 6.42 Å². The Labute approximate surface area is 177 Å². The van der Waals surface area contributed by atoms with Gasteiger partial charge < -0.3 is 24.5 Å². The molecule has 0 spiro atoms. The van der Waals surface area contributed by atoms with Crippen LogP contribution in [0, 0.1) is 0 Å². The molecule has 0 aliphatic rings. The summed E-state index contributed by atoms with van der Waals surface area (Å²) in [6.07, 6.45) is 0.787. The van der Waals surface area contributed by atoms with Crippen molar-refractivity contribution < 1.29 is 14.2 Å². The Morgan fingerprint density at radius 3 is 2.55 bits per heavy atom. The van der Waals surface area contributed by atoms with Crippen molar-refractivity contribution in [1.29, 1.82) is 0 Å². The van der Waals surface area contributed by atoms with E-state index in [1.807, 2.05) is 22.8 Å². The van der Waals surface area contributed by atoms with Crippen molar-refractivity contribution in [3.8, 4) is 22.9 Å². The molecule has 9 nitrogen and oxygen atoms in total. The number of rotatable bonds is 9. The molecule has 0 radical (unpaired) electrons. The second-order valence-electron chi connectivity index (χ2n) is 5.86. The standard InChI is InChI=1S/C18H21ClN6O3S/c1-26-8-4-7-25-16(11-5-6-12(27-2)13(9-11)28-3)23-24-18(25)29-15-10-14(19)21-17(20)22-15/h5-6,9-10H,4,7-8H2,1-3H3,(H2,20,21,22). The van der Waals surface area contributed by atoms with Gasteiger partial charge in [-0.2, -0.15) is 0 Å². The van der Waals surface area contributed by atoms with Crippen molar-refractivity contribution in [3.63, 3.8) is 0 Å². The van der Waals surface area contributed by atoms with E-state index in [4.69, 9.17) is 31.5 Å². The first kappa shape index (κ1) is 21.2. The van der Waals surface area contributed by atoms with Gasteiger partial charge in [0.2, 0.25) is 5.95 Å². The largest absolute Gasteiger partial charge is 0.493 e. The van der Waals surface area contributed by atoms with E-state index in [-0.39, 0.29) is 11.1 Å². The third kappa shape index (κ3) is 5.08. The zero-order chi connectivity index (χ0) is 20.8. The highest BCUT2D eigenvalue weighted by molar-refractivity contribution is 7.99. The van der Waals surface area contributed by atoms with E-state index in [2.05, 4.69) is 20.2 Å². The molecule has 0 aliphatic heterocycles. The summed E-state index contributed by atoms with van der Waals surface area (Å²) in [6.45, 7) is 1.26. The van der Waals surface area contributed by atoms with E-state index in [0.717, 1.165) is 12.0 Å². The molecule has 3 aromatic rings. The summed E-state index contributed by atoms with van der Waals surface area (Å²) in [5.41, 5.74) is 6.55. The molecule has 2 aromatic heterocycles. The summed E-state index contributed by atoms with van der Waals surface area (Å²) in [5, 5.41) is 10.2. The maximum atomic E-state index is 5.99.